The Balaban J connectivity index is 1.63. The SMILES string of the molecule is C[C@H]1CN(Cc2ccccc2)C[C@@H](C(=O)Nc2cccc(CN)c2)O1. The number of nitrogens with two attached hydrogens (primary N) is 1. The van der Waals surface area contributed by atoms with Crippen molar-refractivity contribution in [3.8, 4) is 0 Å². The van der Waals surface area contributed by atoms with E-state index in [9.17, 15) is 4.79 Å². The van der Waals surface area contributed by atoms with Crippen molar-refractivity contribution in [1.29, 1.82) is 0 Å². The third-order valence-corrected chi connectivity index (χ3v) is 4.31. The summed E-state index contributed by atoms with van der Waals surface area (Å²) in [5.74, 6) is -0.112. The predicted molar refractivity (Wildman–Crippen MR) is 99.0 cm³/mol. The van der Waals surface area contributed by atoms with Crippen LogP contribution < -0.4 is 11.1 Å². The van der Waals surface area contributed by atoms with E-state index in [2.05, 4.69) is 22.3 Å². The molecule has 0 radical (unpaired) electrons. The molecule has 0 aliphatic carbocycles. The summed E-state index contributed by atoms with van der Waals surface area (Å²) in [5.41, 5.74) is 8.64. The molecule has 5 nitrogen and oxygen atoms in total. The van der Waals surface area contributed by atoms with Crippen molar-refractivity contribution in [1.82, 2.24) is 4.90 Å². The molecule has 2 aromatic carbocycles. The number of morpholine rings is 1. The fraction of sp³-hybridized carbons (Fsp3) is 0.350. The number of rotatable bonds is 5. The standard InChI is InChI=1S/C20H25N3O2/c1-15-12-23(13-16-6-3-2-4-7-16)14-19(25-15)20(24)22-18-9-5-8-17(10-18)11-21/h2-10,15,19H,11-14,21H2,1H3,(H,22,24)/t15-,19-/m0/s1. The largest absolute Gasteiger partial charge is 0.363 e. The molecule has 25 heavy (non-hydrogen) atoms. The zero-order chi connectivity index (χ0) is 17.6. The van der Waals surface area contributed by atoms with E-state index in [0.717, 1.165) is 24.3 Å². The molecule has 0 bridgehead atoms. The van der Waals surface area contributed by atoms with E-state index in [4.69, 9.17) is 10.5 Å². The molecule has 5 heteroatoms. The second-order valence-corrected chi connectivity index (χ2v) is 6.51. The minimum Gasteiger partial charge on any atom is -0.363 e. The second-order valence-electron chi connectivity index (χ2n) is 6.51. The number of nitrogens with one attached hydrogen (secondary N) is 1. The van der Waals surface area contributed by atoms with Crippen molar-refractivity contribution in [2.75, 3.05) is 18.4 Å². The van der Waals surface area contributed by atoms with E-state index < -0.39 is 6.10 Å². The fourth-order valence-electron chi connectivity index (χ4n) is 3.15. The number of hydrogen-bond acceptors (Lipinski definition) is 4. The Labute approximate surface area is 148 Å². The maximum atomic E-state index is 12.6. The number of hydrogen-bond donors (Lipinski definition) is 2. The second kappa shape index (κ2) is 8.25. The van der Waals surface area contributed by atoms with Crippen molar-refractivity contribution in [2.45, 2.75) is 32.2 Å². The fourth-order valence-corrected chi connectivity index (χ4v) is 3.15. The van der Waals surface area contributed by atoms with Gasteiger partial charge in [-0.3, -0.25) is 9.69 Å². The highest BCUT2D eigenvalue weighted by atomic mass is 16.5. The molecule has 0 saturated carbocycles. The highest BCUT2D eigenvalue weighted by Gasteiger charge is 2.30. The van der Waals surface area contributed by atoms with Crippen molar-refractivity contribution in [3.05, 3.63) is 65.7 Å². The minimum atomic E-state index is -0.478. The summed E-state index contributed by atoms with van der Waals surface area (Å²) in [7, 11) is 0. The van der Waals surface area contributed by atoms with Crippen LogP contribution >= 0.6 is 0 Å². The Hall–Kier alpha value is -2.21. The van der Waals surface area contributed by atoms with Crippen molar-refractivity contribution >= 4 is 11.6 Å². The highest BCUT2D eigenvalue weighted by molar-refractivity contribution is 5.94. The first-order chi connectivity index (χ1) is 12.1. The van der Waals surface area contributed by atoms with Gasteiger partial charge in [0.05, 0.1) is 6.10 Å². The summed E-state index contributed by atoms with van der Waals surface area (Å²) in [5, 5.41) is 2.95. The molecule has 2 aromatic rings. The molecule has 0 spiro atoms. The number of amides is 1. The molecule has 1 aliphatic rings. The molecule has 1 fully saturated rings. The van der Waals surface area contributed by atoms with Crippen LogP contribution in [0.5, 0.6) is 0 Å². The van der Waals surface area contributed by atoms with Crippen LogP contribution in [-0.2, 0) is 22.6 Å². The summed E-state index contributed by atoms with van der Waals surface area (Å²) >= 11 is 0. The van der Waals surface area contributed by atoms with Crippen molar-refractivity contribution in [2.24, 2.45) is 5.73 Å². The molecule has 1 amide bonds. The van der Waals surface area contributed by atoms with Gasteiger partial charge in [0, 0.05) is 31.9 Å². The van der Waals surface area contributed by atoms with Crippen LogP contribution in [0.3, 0.4) is 0 Å². The zero-order valence-electron chi connectivity index (χ0n) is 14.5. The topological polar surface area (TPSA) is 67.6 Å². The molecule has 0 unspecified atom stereocenters. The third-order valence-electron chi connectivity index (χ3n) is 4.31. The van der Waals surface area contributed by atoms with E-state index in [1.54, 1.807) is 0 Å². The molecule has 3 rings (SSSR count). The lowest BCUT2D eigenvalue weighted by Gasteiger charge is -2.36. The van der Waals surface area contributed by atoms with Crippen LogP contribution in [0.1, 0.15) is 18.1 Å². The third kappa shape index (κ3) is 4.89. The van der Waals surface area contributed by atoms with Gasteiger partial charge in [-0.1, -0.05) is 42.5 Å². The maximum Gasteiger partial charge on any atom is 0.254 e. The predicted octanol–water partition coefficient (Wildman–Crippen LogP) is 2.37. The van der Waals surface area contributed by atoms with E-state index in [-0.39, 0.29) is 12.0 Å². The first-order valence-electron chi connectivity index (χ1n) is 8.65. The average molecular weight is 339 g/mol. The van der Waals surface area contributed by atoms with Gasteiger partial charge in [-0.05, 0) is 30.2 Å². The van der Waals surface area contributed by atoms with E-state index in [1.807, 2.05) is 49.4 Å². The lowest BCUT2D eigenvalue weighted by atomic mass is 10.1. The van der Waals surface area contributed by atoms with Crippen LogP contribution in [0.2, 0.25) is 0 Å². The molecular formula is C20H25N3O2. The minimum absolute atomic E-state index is 0.0172. The molecule has 3 N–H and O–H groups in total. The molecule has 132 valence electrons. The van der Waals surface area contributed by atoms with E-state index in [1.165, 1.54) is 5.56 Å². The van der Waals surface area contributed by atoms with Crippen molar-refractivity contribution in [3.63, 3.8) is 0 Å². The summed E-state index contributed by atoms with van der Waals surface area (Å²) in [6.07, 6.45) is -0.461. The number of ether oxygens (including phenoxy) is 1. The quantitative estimate of drug-likeness (QED) is 0.878. The molecular weight excluding hydrogens is 314 g/mol. The number of carbonyl (C=O) groups excluding carboxylic acids is 1. The van der Waals surface area contributed by atoms with Gasteiger partial charge in [0.15, 0.2) is 0 Å². The number of carbonyl (C=O) groups is 1. The van der Waals surface area contributed by atoms with Gasteiger partial charge in [-0.15, -0.1) is 0 Å². The number of nitrogens with zero attached hydrogens (tertiary/aromatic N) is 1. The molecule has 1 saturated heterocycles. The van der Waals surface area contributed by atoms with Gasteiger partial charge < -0.3 is 15.8 Å². The molecule has 2 atom stereocenters. The van der Waals surface area contributed by atoms with Crippen LogP contribution in [0.25, 0.3) is 0 Å². The van der Waals surface area contributed by atoms with Gasteiger partial charge >= 0.3 is 0 Å². The van der Waals surface area contributed by atoms with Gasteiger partial charge in [-0.2, -0.15) is 0 Å². The number of benzene rings is 2. The van der Waals surface area contributed by atoms with E-state index >= 15 is 0 Å². The summed E-state index contributed by atoms with van der Waals surface area (Å²) in [6.45, 7) is 4.68. The van der Waals surface area contributed by atoms with Gasteiger partial charge in [0.25, 0.3) is 5.91 Å². The van der Waals surface area contributed by atoms with Gasteiger partial charge in [0.1, 0.15) is 6.10 Å². The number of anilines is 1. The lowest BCUT2D eigenvalue weighted by Crippen LogP contribution is -2.50. The van der Waals surface area contributed by atoms with Crippen LogP contribution in [0, 0.1) is 0 Å². The Morgan fingerprint density at radius 1 is 1.16 bits per heavy atom. The van der Waals surface area contributed by atoms with Crippen LogP contribution in [0.15, 0.2) is 54.6 Å². The average Bonchev–Trinajstić information content (AvgIpc) is 2.62. The highest BCUT2D eigenvalue weighted by Crippen LogP contribution is 2.17. The Bertz CT molecular complexity index is 705. The first-order valence-corrected chi connectivity index (χ1v) is 8.65. The molecule has 1 aliphatic heterocycles. The smallest absolute Gasteiger partial charge is 0.254 e. The normalized spacial score (nSPS) is 21.0. The molecule has 0 aromatic heterocycles. The van der Waals surface area contributed by atoms with E-state index in [0.29, 0.717) is 13.1 Å². The zero-order valence-corrected chi connectivity index (χ0v) is 14.5. The van der Waals surface area contributed by atoms with Crippen LogP contribution in [0.4, 0.5) is 5.69 Å². The maximum absolute atomic E-state index is 12.6. The monoisotopic (exact) mass is 339 g/mol. The van der Waals surface area contributed by atoms with Crippen molar-refractivity contribution < 1.29 is 9.53 Å². The summed E-state index contributed by atoms with van der Waals surface area (Å²) in [6, 6.07) is 17.9. The van der Waals surface area contributed by atoms with Gasteiger partial charge in [0.2, 0.25) is 0 Å². The molecule has 1 heterocycles. The summed E-state index contributed by atoms with van der Waals surface area (Å²) < 4.78 is 5.87. The Morgan fingerprint density at radius 2 is 1.92 bits per heavy atom. The van der Waals surface area contributed by atoms with Crippen LogP contribution in [-0.4, -0.2) is 36.1 Å². The lowest BCUT2D eigenvalue weighted by molar-refractivity contribution is -0.140. The van der Waals surface area contributed by atoms with Gasteiger partial charge in [-0.25, -0.2) is 0 Å². The summed E-state index contributed by atoms with van der Waals surface area (Å²) in [4.78, 5) is 14.9. The Morgan fingerprint density at radius 3 is 2.68 bits per heavy atom. The Kier molecular flexibility index (Phi) is 5.81. The first kappa shape index (κ1) is 17.6.